The van der Waals surface area contributed by atoms with Crippen molar-refractivity contribution >= 4 is 17.8 Å². The van der Waals surface area contributed by atoms with Gasteiger partial charge in [-0.1, -0.05) is 6.92 Å². The molecule has 1 unspecified atom stereocenters. The predicted molar refractivity (Wildman–Crippen MR) is 54.7 cm³/mol. The van der Waals surface area contributed by atoms with E-state index in [-0.39, 0.29) is 6.54 Å². The van der Waals surface area contributed by atoms with Gasteiger partial charge in [0, 0.05) is 6.54 Å². The summed E-state index contributed by atoms with van der Waals surface area (Å²) in [6, 6.07) is -1.19. The van der Waals surface area contributed by atoms with Crippen molar-refractivity contribution in [3.05, 3.63) is 0 Å². The molecule has 16 heavy (non-hydrogen) atoms. The molecule has 0 saturated carbocycles. The second-order valence-corrected chi connectivity index (χ2v) is 3.36. The van der Waals surface area contributed by atoms with E-state index >= 15 is 0 Å². The second kappa shape index (κ2) is 6.78. The molecular formula is C9H16N2O5. The van der Waals surface area contributed by atoms with Crippen LogP contribution in [0.5, 0.6) is 0 Å². The van der Waals surface area contributed by atoms with Crippen LogP contribution in [-0.4, -0.2) is 52.1 Å². The van der Waals surface area contributed by atoms with Crippen LogP contribution in [0.1, 0.15) is 19.8 Å². The number of nitrogens with two attached hydrogens (primary N) is 1. The van der Waals surface area contributed by atoms with Crippen LogP contribution in [0.15, 0.2) is 0 Å². The fourth-order valence-electron chi connectivity index (χ4n) is 1.21. The molecule has 0 aliphatic carbocycles. The molecule has 0 rings (SSSR count). The van der Waals surface area contributed by atoms with E-state index in [0.717, 1.165) is 4.90 Å². The second-order valence-electron chi connectivity index (χ2n) is 3.36. The number of rotatable bonds is 7. The Hall–Kier alpha value is -1.63. The van der Waals surface area contributed by atoms with Crippen molar-refractivity contribution < 1.29 is 24.6 Å². The lowest BCUT2D eigenvalue weighted by Crippen LogP contribution is -2.47. The maximum Gasteiger partial charge on any atom is 0.323 e. The zero-order valence-corrected chi connectivity index (χ0v) is 9.05. The Morgan fingerprint density at radius 1 is 1.25 bits per heavy atom. The number of amides is 1. The predicted octanol–water partition coefficient (Wildman–Crippen LogP) is -0.888. The van der Waals surface area contributed by atoms with E-state index in [1.807, 2.05) is 0 Å². The minimum Gasteiger partial charge on any atom is -0.481 e. The molecule has 0 aromatic rings. The Bertz CT molecular complexity index is 279. The molecule has 0 spiro atoms. The summed E-state index contributed by atoms with van der Waals surface area (Å²) in [6.07, 6.45) is 0.0808. The first-order chi connectivity index (χ1) is 7.38. The summed E-state index contributed by atoms with van der Waals surface area (Å²) < 4.78 is 0. The van der Waals surface area contributed by atoms with Crippen molar-refractivity contribution in [2.45, 2.75) is 25.8 Å². The van der Waals surface area contributed by atoms with Gasteiger partial charge >= 0.3 is 11.9 Å². The van der Waals surface area contributed by atoms with Gasteiger partial charge in [-0.25, -0.2) is 0 Å². The first-order valence-electron chi connectivity index (χ1n) is 4.86. The van der Waals surface area contributed by atoms with Gasteiger partial charge in [0.25, 0.3) is 0 Å². The number of carbonyl (C=O) groups is 3. The maximum absolute atomic E-state index is 11.6. The van der Waals surface area contributed by atoms with E-state index in [1.54, 1.807) is 6.92 Å². The number of carbonyl (C=O) groups excluding carboxylic acids is 1. The highest BCUT2D eigenvalue weighted by atomic mass is 16.4. The molecule has 1 atom stereocenters. The lowest BCUT2D eigenvalue weighted by Gasteiger charge is -2.22. The molecule has 0 heterocycles. The molecule has 0 radical (unpaired) electrons. The summed E-state index contributed by atoms with van der Waals surface area (Å²) >= 11 is 0. The minimum absolute atomic E-state index is 0.248. The molecule has 7 heteroatoms. The lowest BCUT2D eigenvalue weighted by molar-refractivity contribution is -0.146. The standard InChI is InChI=1S/C9H16N2O5/c1-2-3-11(5-8(14)15)9(16)6(10)4-7(12)13/h6H,2-5,10H2,1H3,(H,12,13)(H,14,15). The fourth-order valence-corrected chi connectivity index (χ4v) is 1.21. The molecule has 92 valence electrons. The first kappa shape index (κ1) is 14.4. The number of carboxylic acid groups (broad SMARTS) is 2. The quantitative estimate of drug-likeness (QED) is 0.523. The van der Waals surface area contributed by atoms with Crippen molar-refractivity contribution in [3.63, 3.8) is 0 Å². The highest BCUT2D eigenvalue weighted by molar-refractivity contribution is 5.88. The average molecular weight is 232 g/mol. The van der Waals surface area contributed by atoms with E-state index in [4.69, 9.17) is 15.9 Å². The van der Waals surface area contributed by atoms with Crippen molar-refractivity contribution in [1.29, 1.82) is 0 Å². The van der Waals surface area contributed by atoms with Crippen molar-refractivity contribution in [2.24, 2.45) is 5.73 Å². The Kier molecular flexibility index (Phi) is 6.09. The third-order valence-electron chi connectivity index (χ3n) is 1.84. The van der Waals surface area contributed by atoms with Gasteiger partial charge in [-0.15, -0.1) is 0 Å². The monoisotopic (exact) mass is 232 g/mol. The average Bonchev–Trinajstić information content (AvgIpc) is 2.14. The van der Waals surface area contributed by atoms with Gasteiger partial charge in [0.2, 0.25) is 5.91 Å². The summed E-state index contributed by atoms with van der Waals surface area (Å²) in [4.78, 5) is 33.5. The van der Waals surface area contributed by atoms with Gasteiger partial charge in [0.15, 0.2) is 0 Å². The van der Waals surface area contributed by atoms with Crippen LogP contribution in [0.25, 0.3) is 0 Å². The van der Waals surface area contributed by atoms with Gasteiger partial charge in [-0.3, -0.25) is 14.4 Å². The van der Waals surface area contributed by atoms with Gasteiger partial charge in [0.05, 0.1) is 12.5 Å². The highest BCUT2D eigenvalue weighted by Crippen LogP contribution is 1.99. The Morgan fingerprint density at radius 3 is 2.19 bits per heavy atom. The van der Waals surface area contributed by atoms with Crippen LogP contribution in [0.3, 0.4) is 0 Å². The summed E-state index contributed by atoms with van der Waals surface area (Å²) in [7, 11) is 0. The Morgan fingerprint density at radius 2 is 1.81 bits per heavy atom. The Balaban J connectivity index is 4.46. The molecule has 7 nitrogen and oxygen atoms in total. The maximum atomic E-state index is 11.6. The number of carboxylic acids is 2. The third kappa shape index (κ3) is 5.30. The van der Waals surface area contributed by atoms with Crippen molar-refractivity contribution in [2.75, 3.05) is 13.1 Å². The lowest BCUT2D eigenvalue weighted by atomic mass is 10.2. The van der Waals surface area contributed by atoms with Crippen molar-refractivity contribution in [1.82, 2.24) is 4.90 Å². The van der Waals surface area contributed by atoms with E-state index in [0.29, 0.717) is 6.42 Å². The fraction of sp³-hybridized carbons (Fsp3) is 0.667. The van der Waals surface area contributed by atoms with Gasteiger partial charge < -0.3 is 20.8 Å². The van der Waals surface area contributed by atoms with Crippen LogP contribution >= 0.6 is 0 Å². The number of hydrogen-bond donors (Lipinski definition) is 3. The summed E-state index contributed by atoms with van der Waals surface area (Å²) in [5, 5.41) is 17.0. The zero-order valence-electron chi connectivity index (χ0n) is 9.05. The van der Waals surface area contributed by atoms with Crippen LogP contribution in [-0.2, 0) is 14.4 Å². The van der Waals surface area contributed by atoms with Crippen LogP contribution < -0.4 is 5.73 Å². The molecule has 0 aliphatic rings. The van der Waals surface area contributed by atoms with Gasteiger partial charge in [0.1, 0.15) is 6.54 Å². The largest absolute Gasteiger partial charge is 0.481 e. The van der Waals surface area contributed by atoms with E-state index in [9.17, 15) is 14.4 Å². The molecule has 4 N–H and O–H groups in total. The molecule has 0 aromatic heterocycles. The summed E-state index contributed by atoms with van der Waals surface area (Å²) in [5.41, 5.74) is 5.36. The molecule has 0 aromatic carbocycles. The number of hydrogen-bond acceptors (Lipinski definition) is 4. The topological polar surface area (TPSA) is 121 Å². The summed E-state index contributed by atoms with van der Waals surface area (Å²) in [6.45, 7) is 1.57. The van der Waals surface area contributed by atoms with Gasteiger partial charge in [-0.2, -0.15) is 0 Å². The molecule has 0 aliphatic heterocycles. The van der Waals surface area contributed by atoms with Gasteiger partial charge in [-0.05, 0) is 6.42 Å². The normalized spacial score (nSPS) is 11.9. The smallest absolute Gasteiger partial charge is 0.323 e. The molecule has 1 amide bonds. The highest BCUT2D eigenvalue weighted by Gasteiger charge is 2.24. The Labute approximate surface area is 92.8 Å². The number of aliphatic carboxylic acids is 2. The minimum atomic E-state index is -1.19. The summed E-state index contributed by atoms with van der Waals surface area (Å²) in [5.74, 6) is -2.98. The third-order valence-corrected chi connectivity index (χ3v) is 1.84. The molecule has 0 bridgehead atoms. The number of nitrogens with zero attached hydrogens (tertiary/aromatic N) is 1. The SMILES string of the molecule is CCCN(CC(=O)O)C(=O)C(N)CC(=O)O. The van der Waals surface area contributed by atoms with E-state index in [2.05, 4.69) is 0 Å². The van der Waals surface area contributed by atoms with E-state index in [1.165, 1.54) is 0 Å². The first-order valence-corrected chi connectivity index (χ1v) is 4.86. The van der Waals surface area contributed by atoms with Crippen LogP contribution in [0.4, 0.5) is 0 Å². The van der Waals surface area contributed by atoms with Crippen molar-refractivity contribution in [3.8, 4) is 0 Å². The molecular weight excluding hydrogens is 216 g/mol. The molecule has 0 saturated heterocycles. The van der Waals surface area contributed by atoms with E-state index < -0.39 is 36.9 Å². The zero-order chi connectivity index (χ0) is 12.7. The van der Waals surface area contributed by atoms with Crippen LogP contribution in [0, 0.1) is 0 Å². The van der Waals surface area contributed by atoms with Crippen LogP contribution in [0.2, 0.25) is 0 Å². The molecule has 0 fully saturated rings.